The first-order chi connectivity index (χ1) is 7.85. The summed E-state index contributed by atoms with van der Waals surface area (Å²) in [5, 5.41) is 7.12. The van der Waals surface area contributed by atoms with E-state index in [-0.39, 0.29) is 0 Å². The predicted molar refractivity (Wildman–Crippen MR) is 63.2 cm³/mol. The lowest BCUT2D eigenvalue weighted by Crippen LogP contribution is -2.22. The Bertz CT molecular complexity index is 433. The summed E-state index contributed by atoms with van der Waals surface area (Å²) >= 11 is 0. The van der Waals surface area contributed by atoms with E-state index in [2.05, 4.69) is 38.9 Å². The summed E-state index contributed by atoms with van der Waals surface area (Å²) in [6.45, 7) is 5.98. The van der Waals surface area contributed by atoms with Gasteiger partial charge in [-0.1, -0.05) is 0 Å². The molecule has 0 atom stereocenters. The van der Waals surface area contributed by atoms with Crippen molar-refractivity contribution in [1.82, 2.24) is 20.2 Å². The number of aromatic amines is 1. The Balaban J connectivity index is 2.26. The second-order valence-electron chi connectivity index (χ2n) is 3.40. The Kier molecular flexibility index (Phi) is 3.14. The summed E-state index contributed by atoms with van der Waals surface area (Å²) in [5.74, 6) is 1.50. The lowest BCUT2D eigenvalue weighted by Gasteiger charge is -2.14. The first-order valence-corrected chi connectivity index (χ1v) is 5.43. The monoisotopic (exact) mass is 217 g/mol. The smallest absolute Gasteiger partial charge is 0.244 e. The van der Waals surface area contributed by atoms with E-state index < -0.39 is 0 Å². The minimum Gasteiger partial charge on any atom is -0.340 e. The van der Waals surface area contributed by atoms with Crippen LogP contribution in [-0.4, -0.2) is 33.3 Å². The Morgan fingerprint density at radius 1 is 1.31 bits per heavy atom. The van der Waals surface area contributed by atoms with Crippen LogP contribution in [0.5, 0.6) is 0 Å². The van der Waals surface area contributed by atoms with Crippen molar-refractivity contribution in [3.63, 3.8) is 0 Å². The lowest BCUT2D eigenvalue weighted by molar-refractivity contribution is 0.824. The Hall–Kier alpha value is -1.91. The highest BCUT2D eigenvalue weighted by Crippen LogP contribution is 2.15. The molecule has 0 fully saturated rings. The molecule has 0 saturated heterocycles. The maximum Gasteiger partial charge on any atom is 0.244 e. The molecule has 5 heteroatoms. The number of pyridine rings is 1. The number of nitrogens with zero attached hydrogens (tertiary/aromatic N) is 4. The molecule has 2 heterocycles. The van der Waals surface area contributed by atoms with Crippen LogP contribution in [0, 0.1) is 0 Å². The molecular formula is C11H15N5. The van der Waals surface area contributed by atoms with Gasteiger partial charge in [-0.3, -0.25) is 10.1 Å². The van der Waals surface area contributed by atoms with Gasteiger partial charge in [-0.25, -0.2) is 0 Å². The van der Waals surface area contributed by atoms with Crippen molar-refractivity contribution in [3.8, 4) is 11.4 Å². The zero-order chi connectivity index (χ0) is 11.4. The molecule has 0 unspecified atom stereocenters. The van der Waals surface area contributed by atoms with Crippen molar-refractivity contribution in [2.75, 3.05) is 18.0 Å². The molecule has 0 bridgehead atoms. The number of hydrogen-bond acceptors (Lipinski definition) is 4. The van der Waals surface area contributed by atoms with E-state index in [4.69, 9.17) is 0 Å². The highest BCUT2D eigenvalue weighted by molar-refractivity contribution is 5.54. The van der Waals surface area contributed by atoms with Crippen LogP contribution in [0.3, 0.4) is 0 Å². The van der Waals surface area contributed by atoms with Gasteiger partial charge in [0.2, 0.25) is 5.95 Å². The molecule has 16 heavy (non-hydrogen) atoms. The molecule has 0 spiro atoms. The van der Waals surface area contributed by atoms with Gasteiger partial charge in [0.15, 0.2) is 5.82 Å². The maximum absolute atomic E-state index is 4.44. The van der Waals surface area contributed by atoms with Gasteiger partial charge in [-0.2, -0.15) is 4.98 Å². The minimum atomic E-state index is 0.740. The molecule has 5 nitrogen and oxygen atoms in total. The van der Waals surface area contributed by atoms with E-state index in [0.717, 1.165) is 30.4 Å². The average molecular weight is 217 g/mol. The fourth-order valence-corrected chi connectivity index (χ4v) is 1.53. The van der Waals surface area contributed by atoms with Crippen LogP contribution >= 0.6 is 0 Å². The molecule has 0 aliphatic rings. The van der Waals surface area contributed by atoms with Crippen molar-refractivity contribution in [2.24, 2.45) is 0 Å². The minimum absolute atomic E-state index is 0.740. The summed E-state index contributed by atoms with van der Waals surface area (Å²) in [6, 6.07) is 3.84. The van der Waals surface area contributed by atoms with E-state index in [1.165, 1.54) is 0 Å². The topological polar surface area (TPSA) is 57.7 Å². The Labute approximate surface area is 94.5 Å². The van der Waals surface area contributed by atoms with Gasteiger partial charge in [0.1, 0.15) is 0 Å². The molecule has 0 aliphatic carbocycles. The molecule has 2 rings (SSSR count). The number of H-pyrrole nitrogens is 1. The Morgan fingerprint density at radius 2 is 2.12 bits per heavy atom. The molecule has 2 aromatic rings. The van der Waals surface area contributed by atoms with Gasteiger partial charge in [0.25, 0.3) is 0 Å². The van der Waals surface area contributed by atoms with Crippen molar-refractivity contribution < 1.29 is 0 Å². The maximum atomic E-state index is 4.44. The normalized spacial score (nSPS) is 10.4. The number of nitrogens with one attached hydrogen (secondary N) is 1. The Morgan fingerprint density at radius 3 is 2.75 bits per heavy atom. The third-order valence-electron chi connectivity index (χ3n) is 2.45. The van der Waals surface area contributed by atoms with E-state index in [1.54, 1.807) is 12.4 Å². The fourth-order valence-electron chi connectivity index (χ4n) is 1.53. The first kappa shape index (κ1) is 10.6. The number of anilines is 1. The van der Waals surface area contributed by atoms with Gasteiger partial charge in [0.05, 0.1) is 0 Å². The van der Waals surface area contributed by atoms with Crippen LogP contribution in [0.15, 0.2) is 24.5 Å². The summed E-state index contributed by atoms with van der Waals surface area (Å²) in [4.78, 5) is 10.6. The van der Waals surface area contributed by atoms with Gasteiger partial charge >= 0.3 is 0 Å². The van der Waals surface area contributed by atoms with Crippen LogP contribution in [0.4, 0.5) is 5.95 Å². The fraction of sp³-hybridized carbons (Fsp3) is 0.364. The highest BCUT2D eigenvalue weighted by atomic mass is 15.4. The van der Waals surface area contributed by atoms with Gasteiger partial charge in [-0.05, 0) is 26.0 Å². The SMILES string of the molecule is CCN(CC)c1n[nH]c(-c2cccnc2)n1. The van der Waals surface area contributed by atoms with Crippen molar-refractivity contribution in [1.29, 1.82) is 0 Å². The number of aromatic nitrogens is 4. The number of hydrogen-bond donors (Lipinski definition) is 1. The summed E-state index contributed by atoms with van der Waals surface area (Å²) in [5.41, 5.74) is 0.952. The van der Waals surface area contributed by atoms with E-state index >= 15 is 0 Å². The standard InChI is InChI=1S/C11H15N5/c1-3-16(4-2)11-13-10(14-15-11)9-6-5-7-12-8-9/h5-8H,3-4H2,1-2H3,(H,13,14,15). The van der Waals surface area contributed by atoms with Crippen molar-refractivity contribution in [2.45, 2.75) is 13.8 Å². The van der Waals surface area contributed by atoms with Crippen molar-refractivity contribution in [3.05, 3.63) is 24.5 Å². The van der Waals surface area contributed by atoms with Crippen LogP contribution in [0.1, 0.15) is 13.8 Å². The quantitative estimate of drug-likeness (QED) is 0.847. The van der Waals surface area contributed by atoms with E-state index in [0.29, 0.717) is 0 Å². The zero-order valence-corrected chi connectivity index (χ0v) is 9.51. The van der Waals surface area contributed by atoms with E-state index in [1.807, 2.05) is 12.1 Å². The van der Waals surface area contributed by atoms with Crippen LogP contribution in [0.25, 0.3) is 11.4 Å². The second kappa shape index (κ2) is 4.74. The molecule has 0 saturated carbocycles. The third-order valence-corrected chi connectivity index (χ3v) is 2.45. The summed E-state index contributed by atoms with van der Waals surface area (Å²) < 4.78 is 0. The molecule has 1 N–H and O–H groups in total. The molecule has 2 aromatic heterocycles. The van der Waals surface area contributed by atoms with E-state index in [9.17, 15) is 0 Å². The summed E-state index contributed by atoms with van der Waals surface area (Å²) in [6.07, 6.45) is 3.51. The zero-order valence-electron chi connectivity index (χ0n) is 9.51. The largest absolute Gasteiger partial charge is 0.340 e. The van der Waals surface area contributed by atoms with Crippen molar-refractivity contribution >= 4 is 5.95 Å². The average Bonchev–Trinajstić information content (AvgIpc) is 2.81. The molecular weight excluding hydrogens is 202 g/mol. The molecule has 0 amide bonds. The third kappa shape index (κ3) is 2.03. The van der Waals surface area contributed by atoms with Crippen LogP contribution in [-0.2, 0) is 0 Å². The van der Waals surface area contributed by atoms with Gasteiger partial charge in [-0.15, -0.1) is 5.10 Å². The number of rotatable bonds is 4. The van der Waals surface area contributed by atoms with Gasteiger partial charge in [0, 0.05) is 31.0 Å². The first-order valence-electron chi connectivity index (χ1n) is 5.43. The highest BCUT2D eigenvalue weighted by Gasteiger charge is 2.09. The lowest BCUT2D eigenvalue weighted by atomic mass is 10.3. The molecule has 0 radical (unpaired) electrons. The predicted octanol–water partition coefficient (Wildman–Crippen LogP) is 1.71. The second-order valence-corrected chi connectivity index (χ2v) is 3.40. The molecule has 84 valence electrons. The molecule has 0 aromatic carbocycles. The van der Waals surface area contributed by atoms with Gasteiger partial charge < -0.3 is 4.90 Å². The summed E-state index contributed by atoms with van der Waals surface area (Å²) in [7, 11) is 0. The van der Waals surface area contributed by atoms with Crippen LogP contribution < -0.4 is 4.90 Å². The van der Waals surface area contributed by atoms with Crippen LogP contribution in [0.2, 0.25) is 0 Å². The molecule has 0 aliphatic heterocycles.